The van der Waals surface area contributed by atoms with E-state index in [1.807, 2.05) is 0 Å². The number of alkyl halides is 1. The molecule has 0 bridgehead atoms. The number of nitro groups is 1. The summed E-state index contributed by atoms with van der Waals surface area (Å²) in [5.41, 5.74) is 4.35. The monoisotopic (exact) mass is 196 g/mol. The second-order valence-corrected chi connectivity index (χ2v) is 3.48. The van der Waals surface area contributed by atoms with Crippen LogP contribution in [-0.2, 0) is 5.67 Å². The lowest BCUT2D eigenvalue weighted by Crippen LogP contribution is -2.12. The zero-order valence-corrected chi connectivity index (χ0v) is 7.31. The van der Waals surface area contributed by atoms with Crippen molar-refractivity contribution in [3.8, 4) is 0 Å². The Kier molecular flexibility index (Phi) is 1.78. The van der Waals surface area contributed by atoms with Gasteiger partial charge in [0.05, 0.1) is 4.92 Å². The average molecular weight is 196 g/mol. The molecule has 1 aromatic rings. The van der Waals surface area contributed by atoms with Gasteiger partial charge < -0.3 is 5.73 Å². The Bertz CT molecular complexity index is 379. The van der Waals surface area contributed by atoms with E-state index in [0.29, 0.717) is 12.0 Å². The Morgan fingerprint density at radius 1 is 1.50 bits per heavy atom. The Balaban J connectivity index is 2.27. The fourth-order valence-electron chi connectivity index (χ4n) is 1.45. The number of rotatable bonds is 2. The van der Waals surface area contributed by atoms with Crippen LogP contribution in [0.4, 0.5) is 10.1 Å². The predicted molar refractivity (Wildman–Crippen MR) is 48.5 cm³/mol. The number of non-ortho nitro benzene ring substituents is 1. The van der Waals surface area contributed by atoms with Crippen molar-refractivity contribution in [3.63, 3.8) is 0 Å². The lowest BCUT2D eigenvalue weighted by molar-refractivity contribution is -0.384. The summed E-state index contributed by atoms with van der Waals surface area (Å²) in [7, 11) is 0. The number of hydrogen-bond donors (Lipinski definition) is 1. The highest BCUT2D eigenvalue weighted by Crippen LogP contribution is 2.48. The number of nitro benzene ring substituents is 1. The Morgan fingerprint density at radius 2 is 2.00 bits per heavy atom. The first-order chi connectivity index (χ1) is 6.54. The quantitative estimate of drug-likeness (QED) is 0.575. The number of benzene rings is 1. The lowest BCUT2D eigenvalue weighted by Gasteiger charge is -2.04. The maximum Gasteiger partial charge on any atom is 0.269 e. The molecule has 1 aliphatic rings. The topological polar surface area (TPSA) is 69.2 Å². The molecule has 0 radical (unpaired) electrons. The minimum absolute atomic E-state index is 0.0356. The van der Waals surface area contributed by atoms with E-state index in [9.17, 15) is 14.5 Å². The predicted octanol–water partition coefficient (Wildman–Crippen LogP) is 1.49. The first-order valence-electron chi connectivity index (χ1n) is 4.23. The lowest BCUT2D eigenvalue weighted by atomic mass is 10.1. The van der Waals surface area contributed by atoms with Crippen molar-refractivity contribution in [2.45, 2.75) is 18.1 Å². The Morgan fingerprint density at radius 3 is 2.36 bits per heavy atom. The summed E-state index contributed by atoms with van der Waals surface area (Å²) in [6.45, 7) is 0. The SMILES string of the molecule is N[C@H]1C[C@]1(F)c1ccc([N+](=O)[O-])cc1. The number of halogens is 1. The van der Waals surface area contributed by atoms with Gasteiger partial charge in [-0.15, -0.1) is 0 Å². The molecule has 0 aliphatic heterocycles. The first kappa shape index (κ1) is 9.08. The highest BCUT2D eigenvalue weighted by molar-refractivity contribution is 5.39. The summed E-state index contributed by atoms with van der Waals surface area (Å²) >= 11 is 0. The van der Waals surface area contributed by atoms with Crippen LogP contribution in [0.2, 0.25) is 0 Å². The van der Waals surface area contributed by atoms with Crippen molar-refractivity contribution in [2.75, 3.05) is 0 Å². The standard InChI is InChI=1S/C9H9FN2O2/c10-9(5-8(9)11)6-1-3-7(4-2-6)12(13)14/h1-4,8H,5,11H2/t8-,9-/m0/s1. The molecule has 5 heteroatoms. The van der Waals surface area contributed by atoms with Crippen LogP contribution in [-0.4, -0.2) is 11.0 Å². The summed E-state index contributed by atoms with van der Waals surface area (Å²) in [6.07, 6.45) is 0.296. The molecule has 0 spiro atoms. The highest BCUT2D eigenvalue weighted by Gasteiger charge is 2.54. The summed E-state index contributed by atoms with van der Waals surface area (Å²) in [6, 6.07) is 4.96. The molecule has 0 heterocycles. The van der Waals surface area contributed by atoms with Crippen molar-refractivity contribution in [1.82, 2.24) is 0 Å². The number of nitrogens with zero attached hydrogens (tertiary/aromatic N) is 1. The summed E-state index contributed by atoms with van der Waals surface area (Å²) in [4.78, 5) is 9.82. The van der Waals surface area contributed by atoms with Gasteiger partial charge in [0, 0.05) is 24.6 Å². The van der Waals surface area contributed by atoms with Gasteiger partial charge in [-0.25, -0.2) is 4.39 Å². The van der Waals surface area contributed by atoms with Gasteiger partial charge in [-0.3, -0.25) is 10.1 Å². The van der Waals surface area contributed by atoms with E-state index in [0.717, 1.165) is 0 Å². The average Bonchev–Trinajstić information content (AvgIpc) is 2.76. The third-order valence-electron chi connectivity index (χ3n) is 2.50. The summed E-state index contributed by atoms with van der Waals surface area (Å²) in [5, 5.41) is 10.3. The van der Waals surface area contributed by atoms with Crippen molar-refractivity contribution < 1.29 is 9.31 Å². The van der Waals surface area contributed by atoms with Crippen LogP contribution in [0.15, 0.2) is 24.3 Å². The molecule has 4 nitrogen and oxygen atoms in total. The maximum atomic E-state index is 13.7. The first-order valence-corrected chi connectivity index (χ1v) is 4.23. The minimum Gasteiger partial charge on any atom is -0.325 e. The molecule has 0 aromatic heterocycles. The molecule has 2 N–H and O–H groups in total. The van der Waals surface area contributed by atoms with Gasteiger partial charge in [-0.05, 0) is 17.7 Å². The minimum atomic E-state index is -1.46. The molecule has 2 rings (SSSR count). The van der Waals surface area contributed by atoms with Crippen LogP contribution in [0, 0.1) is 10.1 Å². The van der Waals surface area contributed by atoms with Gasteiger partial charge >= 0.3 is 0 Å². The van der Waals surface area contributed by atoms with Crippen LogP contribution in [0.5, 0.6) is 0 Å². The van der Waals surface area contributed by atoms with Gasteiger partial charge in [0.25, 0.3) is 5.69 Å². The summed E-state index contributed by atoms with van der Waals surface area (Å²) < 4.78 is 13.7. The van der Waals surface area contributed by atoms with E-state index < -0.39 is 16.6 Å². The largest absolute Gasteiger partial charge is 0.325 e. The van der Waals surface area contributed by atoms with Crippen molar-refractivity contribution in [2.24, 2.45) is 5.73 Å². The molecule has 14 heavy (non-hydrogen) atoms. The molecule has 0 unspecified atom stereocenters. The number of nitrogens with two attached hydrogens (primary N) is 1. The third-order valence-corrected chi connectivity index (χ3v) is 2.50. The molecule has 0 saturated heterocycles. The zero-order chi connectivity index (χ0) is 10.3. The fraction of sp³-hybridized carbons (Fsp3) is 0.333. The van der Waals surface area contributed by atoms with E-state index >= 15 is 0 Å². The second-order valence-electron chi connectivity index (χ2n) is 3.48. The molecule has 1 aliphatic carbocycles. The summed E-state index contributed by atoms with van der Waals surface area (Å²) in [5.74, 6) is 0. The number of hydrogen-bond acceptors (Lipinski definition) is 3. The van der Waals surface area contributed by atoms with Crippen LogP contribution < -0.4 is 5.73 Å². The second kappa shape index (κ2) is 2.75. The molecular weight excluding hydrogens is 187 g/mol. The van der Waals surface area contributed by atoms with Crippen LogP contribution >= 0.6 is 0 Å². The Labute approximate surface area is 79.7 Å². The van der Waals surface area contributed by atoms with Gasteiger partial charge in [0.15, 0.2) is 5.67 Å². The fourth-order valence-corrected chi connectivity index (χ4v) is 1.45. The van der Waals surface area contributed by atoms with E-state index in [1.165, 1.54) is 24.3 Å². The van der Waals surface area contributed by atoms with Gasteiger partial charge in [-0.2, -0.15) is 0 Å². The third kappa shape index (κ3) is 1.26. The zero-order valence-electron chi connectivity index (χ0n) is 7.31. The molecule has 1 fully saturated rings. The van der Waals surface area contributed by atoms with Crippen LogP contribution in [0.1, 0.15) is 12.0 Å². The molecule has 1 saturated carbocycles. The molecule has 0 amide bonds. The van der Waals surface area contributed by atoms with Gasteiger partial charge in [0.1, 0.15) is 0 Å². The smallest absolute Gasteiger partial charge is 0.269 e. The van der Waals surface area contributed by atoms with Crippen molar-refractivity contribution >= 4 is 5.69 Å². The van der Waals surface area contributed by atoms with Gasteiger partial charge in [-0.1, -0.05) is 0 Å². The van der Waals surface area contributed by atoms with Crippen LogP contribution in [0.3, 0.4) is 0 Å². The van der Waals surface area contributed by atoms with Crippen molar-refractivity contribution in [1.29, 1.82) is 0 Å². The van der Waals surface area contributed by atoms with Crippen molar-refractivity contribution in [3.05, 3.63) is 39.9 Å². The van der Waals surface area contributed by atoms with E-state index in [4.69, 9.17) is 5.73 Å². The molecule has 74 valence electrons. The Hall–Kier alpha value is -1.49. The molecule has 1 aromatic carbocycles. The normalized spacial score (nSPS) is 30.0. The molecular formula is C9H9FN2O2. The van der Waals surface area contributed by atoms with E-state index in [2.05, 4.69) is 0 Å². The molecule has 2 atom stereocenters. The van der Waals surface area contributed by atoms with Crippen LogP contribution in [0.25, 0.3) is 0 Å². The highest BCUT2D eigenvalue weighted by atomic mass is 19.1. The van der Waals surface area contributed by atoms with E-state index in [1.54, 1.807) is 0 Å². The van der Waals surface area contributed by atoms with Gasteiger partial charge in [0.2, 0.25) is 0 Å². The van der Waals surface area contributed by atoms with E-state index in [-0.39, 0.29) is 5.69 Å². The maximum absolute atomic E-state index is 13.7.